The molecule has 102 valence electrons. The maximum atomic E-state index is 10.6. The Morgan fingerprint density at radius 1 is 0.810 bits per heavy atom. The number of fused-ring (bicyclic) bond motifs is 1. The Hall–Kier alpha value is -2.63. The summed E-state index contributed by atoms with van der Waals surface area (Å²) < 4.78 is 0. The van der Waals surface area contributed by atoms with E-state index < -0.39 is 12.0 Å². The minimum absolute atomic E-state index is 0.585. The Balaban J connectivity index is 2.09. The molecule has 0 aliphatic carbocycles. The van der Waals surface area contributed by atoms with Crippen LogP contribution < -0.4 is 0 Å². The van der Waals surface area contributed by atoms with Gasteiger partial charge in [-0.25, -0.2) is 0 Å². The van der Waals surface area contributed by atoms with Crippen LogP contribution in [0.5, 0.6) is 0 Å². The highest BCUT2D eigenvalue weighted by Gasteiger charge is 2.23. The van der Waals surface area contributed by atoms with Crippen LogP contribution in [0, 0.1) is 11.3 Å². The summed E-state index contributed by atoms with van der Waals surface area (Å²) in [5.74, 6) is -0.585. The van der Waals surface area contributed by atoms with Crippen LogP contribution in [0.25, 0.3) is 10.8 Å². The second-order valence-corrected chi connectivity index (χ2v) is 5.03. The summed E-state index contributed by atoms with van der Waals surface area (Å²) in [5, 5.41) is 22.2. The van der Waals surface area contributed by atoms with Crippen molar-refractivity contribution in [2.24, 2.45) is 0 Å². The zero-order chi connectivity index (χ0) is 14.7. The number of nitriles is 1. The van der Waals surface area contributed by atoms with Gasteiger partial charge in [0.2, 0.25) is 0 Å². The lowest BCUT2D eigenvalue weighted by Gasteiger charge is -2.19. The molecule has 3 aromatic rings. The molecule has 0 fully saturated rings. The molecule has 2 atom stereocenters. The summed E-state index contributed by atoms with van der Waals surface area (Å²) >= 11 is 0. The lowest BCUT2D eigenvalue weighted by atomic mass is 9.87. The number of hydrogen-bond donors (Lipinski definition) is 1. The van der Waals surface area contributed by atoms with Crippen molar-refractivity contribution >= 4 is 10.8 Å². The average molecular weight is 273 g/mol. The third-order valence-corrected chi connectivity index (χ3v) is 3.75. The molecular weight excluding hydrogens is 258 g/mol. The lowest BCUT2D eigenvalue weighted by molar-refractivity contribution is 0.164. The number of benzene rings is 3. The van der Waals surface area contributed by atoms with Crippen LogP contribution >= 0.6 is 0 Å². The molecule has 0 aliphatic rings. The highest BCUT2D eigenvalue weighted by atomic mass is 16.3. The Bertz CT molecular complexity index is 784. The van der Waals surface area contributed by atoms with Crippen LogP contribution in [-0.2, 0) is 0 Å². The second-order valence-electron chi connectivity index (χ2n) is 5.03. The minimum Gasteiger partial charge on any atom is -0.387 e. The first-order chi connectivity index (χ1) is 10.3. The molecule has 21 heavy (non-hydrogen) atoms. The van der Waals surface area contributed by atoms with Gasteiger partial charge in [0.05, 0.1) is 12.2 Å². The predicted molar refractivity (Wildman–Crippen MR) is 83.7 cm³/mol. The molecule has 0 radical (unpaired) electrons. The van der Waals surface area contributed by atoms with E-state index in [0.717, 1.165) is 21.9 Å². The molecule has 0 aromatic heterocycles. The maximum Gasteiger partial charge on any atom is 0.102 e. The van der Waals surface area contributed by atoms with Gasteiger partial charge < -0.3 is 5.11 Å². The topological polar surface area (TPSA) is 44.0 Å². The molecule has 0 unspecified atom stereocenters. The fourth-order valence-electron chi connectivity index (χ4n) is 2.67. The van der Waals surface area contributed by atoms with Crippen molar-refractivity contribution in [2.45, 2.75) is 12.0 Å². The van der Waals surface area contributed by atoms with Crippen molar-refractivity contribution < 1.29 is 5.11 Å². The third-order valence-electron chi connectivity index (χ3n) is 3.75. The first kappa shape index (κ1) is 13.4. The molecule has 3 aromatic carbocycles. The Morgan fingerprint density at radius 2 is 1.48 bits per heavy atom. The van der Waals surface area contributed by atoms with Crippen LogP contribution in [0.3, 0.4) is 0 Å². The number of aliphatic hydroxyl groups excluding tert-OH is 1. The molecule has 0 saturated carbocycles. The van der Waals surface area contributed by atoms with Crippen LogP contribution in [0.2, 0.25) is 0 Å². The minimum atomic E-state index is -0.831. The van der Waals surface area contributed by atoms with Gasteiger partial charge in [0.1, 0.15) is 5.92 Å². The van der Waals surface area contributed by atoms with Gasteiger partial charge in [0.15, 0.2) is 0 Å². The standard InChI is InChI=1S/C19H15NO/c20-13-18(19(21)15-8-2-1-3-9-15)17-12-6-10-14-7-4-5-11-16(14)17/h1-12,18-19,21H/t18-,19-/m1/s1. The summed E-state index contributed by atoms with van der Waals surface area (Å²) in [6.07, 6.45) is -0.831. The van der Waals surface area contributed by atoms with Gasteiger partial charge in [0.25, 0.3) is 0 Å². The Kier molecular flexibility index (Phi) is 3.68. The Morgan fingerprint density at radius 3 is 2.24 bits per heavy atom. The zero-order valence-corrected chi connectivity index (χ0v) is 11.5. The molecule has 0 heterocycles. The quantitative estimate of drug-likeness (QED) is 0.778. The smallest absolute Gasteiger partial charge is 0.102 e. The number of rotatable bonds is 3. The van der Waals surface area contributed by atoms with Crippen LogP contribution in [0.4, 0.5) is 0 Å². The van der Waals surface area contributed by atoms with Gasteiger partial charge >= 0.3 is 0 Å². The van der Waals surface area contributed by atoms with Gasteiger partial charge in [-0.2, -0.15) is 5.26 Å². The number of hydrogen-bond acceptors (Lipinski definition) is 2. The van der Waals surface area contributed by atoms with E-state index in [4.69, 9.17) is 0 Å². The molecular formula is C19H15NO. The predicted octanol–water partition coefficient (Wildman–Crippen LogP) is 4.18. The molecule has 2 heteroatoms. The van der Waals surface area contributed by atoms with E-state index in [1.54, 1.807) is 0 Å². The van der Waals surface area contributed by atoms with Crippen LogP contribution in [0.1, 0.15) is 23.1 Å². The SMILES string of the molecule is N#C[C@H](c1cccc2ccccc12)[C@H](O)c1ccccc1. The second kappa shape index (κ2) is 5.78. The normalized spacial score (nSPS) is 13.5. The van der Waals surface area contributed by atoms with Crippen molar-refractivity contribution in [2.75, 3.05) is 0 Å². The fraction of sp³-hybridized carbons (Fsp3) is 0.105. The number of aliphatic hydroxyl groups is 1. The van der Waals surface area contributed by atoms with Crippen molar-refractivity contribution in [1.29, 1.82) is 5.26 Å². The molecule has 1 N–H and O–H groups in total. The van der Waals surface area contributed by atoms with E-state index in [-0.39, 0.29) is 0 Å². The Labute approximate surface area is 123 Å². The van der Waals surface area contributed by atoms with Gasteiger partial charge in [-0.1, -0.05) is 72.8 Å². The zero-order valence-electron chi connectivity index (χ0n) is 11.5. The maximum absolute atomic E-state index is 10.6. The van der Waals surface area contributed by atoms with E-state index in [2.05, 4.69) is 6.07 Å². The molecule has 0 saturated heterocycles. The van der Waals surface area contributed by atoms with E-state index in [1.165, 1.54) is 0 Å². The van der Waals surface area contributed by atoms with Crippen molar-refractivity contribution in [3.8, 4) is 6.07 Å². The van der Waals surface area contributed by atoms with Gasteiger partial charge in [-0.05, 0) is 21.9 Å². The summed E-state index contributed by atoms with van der Waals surface area (Å²) in [6.45, 7) is 0. The van der Waals surface area contributed by atoms with Gasteiger partial charge in [-0.3, -0.25) is 0 Å². The lowest BCUT2D eigenvalue weighted by Crippen LogP contribution is -2.09. The van der Waals surface area contributed by atoms with Crippen LogP contribution in [0.15, 0.2) is 72.8 Å². The largest absolute Gasteiger partial charge is 0.387 e. The molecule has 0 aliphatic heterocycles. The molecule has 0 amide bonds. The van der Waals surface area contributed by atoms with Crippen molar-refractivity contribution in [3.05, 3.63) is 83.9 Å². The van der Waals surface area contributed by atoms with E-state index >= 15 is 0 Å². The summed E-state index contributed by atoms with van der Waals surface area (Å²) in [6, 6.07) is 25.4. The van der Waals surface area contributed by atoms with E-state index in [0.29, 0.717) is 0 Å². The van der Waals surface area contributed by atoms with Gasteiger partial charge in [0, 0.05) is 0 Å². The molecule has 2 nitrogen and oxygen atoms in total. The van der Waals surface area contributed by atoms with Gasteiger partial charge in [-0.15, -0.1) is 0 Å². The summed E-state index contributed by atoms with van der Waals surface area (Å²) in [7, 11) is 0. The van der Waals surface area contributed by atoms with Crippen molar-refractivity contribution in [1.82, 2.24) is 0 Å². The molecule has 0 bridgehead atoms. The number of nitrogens with zero attached hydrogens (tertiary/aromatic N) is 1. The van der Waals surface area contributed by atoms with Crippen molar-refractivity contribution in [3.63, 3.8) is 0 Å². The van der Waals surface area contributed by atoms with Crippen LogP contribution in [-0.4, -0.2) is 5.11 Å². The highest BCUT2D eigenvalue weighted by Crippen LogP contribution is 2.34. The third kappa shape index (κ3) is 2.52. The monoisotopic (exact) mass is 273 g/mol. The summed E-state index contributed by atoms with van der Waals surface area (Å²) in [5.41, 5.74) is 1.63. The fourth-order valence-corrected chi connectivity index (χ4v) is 2.67. The summed E-state index contributed by atoms with van der Waals surface area (Å²) in [4.78, 5) is 0. The van der Waals surface area contributed by atoms with E-state index in [9.17, 15) is 10.4 Å². The average Bonchev–Trinajstić information content (AvgIpc) is 2.56. The highest BCUT2D eigenvalue weighted by molar-refractivity contribution is 5.86. The molecule has 0 spiro atoms. The van der Waals surface area contributed by atoms with E-state index in [1.807, 2.05) is 72.8 Å². The molecule has 3 rings (SSSR count). The first-order valence-corrected chi connectivity index (χ1v) is 6.91. The first-order valence-electron chi connectivity index (χ1n) is 6.91.